The molecule has 15 heteroatoms. The molecule has 2 amide bonds. The lowest BCUT2D eigenvalue weighted by Crippen LogP contribution is -2.45. The number of aliphatic carboxylic acids is 1. The molecule has 3 atom stereocenters. The first-order valence-corrected chi connectivity index (χ1v) is 16.0. The maximum absolute atomic E-state index is 13.1. The van der Waals surface area contributed by atoms with Crippen LogP contribution in [0.3, 0.4) is 0 Å². The number of carbonyl (C=O) groups is 5. The van der Waals surface area contributed by atoms with Gasteiger partial charge in [-0.3, -0.25) is 14.4 Å². The van der Waals surface area contributed by atoms with Crippen molar-refractivity contribution in [2.45, 2.75) is 57.0 Å². The number of H-pyrrole nitrogens is 1. The average Bonchev–Trinajstić information content (AvgIpc) is 3.52. The van der Waals surface area contributed by atoms with E-state index < -0.39 is 47.7 Å². The van der Waals surface area contributed by atoms with E-state index in [1.165, 1.54) is 0 Å². The summed E-state index contributed by atoms with van der Waals surface area (Å²) in [7, 11) is 2.30. The van der Waals surface area contributed by atoms with E-state index in [0.717, 1.165) is 49.1 Å². The Bertz CT molecular complexity index is 1810. The molecule has 4 rings (SSSR count). The molecule has 4 aromatic rings. The van der Waals surface area contributed by atoms with Crippen LogP contribution in [0.5, 0.6) is 0 Å². The predicted octanol–water partition coefficient (Wildman–Crippen LogP) is 2.34. The third-order valence-electron chi connectivity index (χ3n) is 8.25. The number of esters is 2. The Labute approximate surface area is 288 Å². The number of nitrogen functional groups attached to an aromatic ring is 2. The van der Waals surface area contributed by atoms with E-state index in [1.54, 1.807) is 42.5 Å². The van der Waals surface area contributed by atoms with Gasteiger partial charge in [0.25, 0.3) is 5.91 Å². The number of methoxy groups -OCH3 is 2. The van der Waals surface area contributed by atoms with Crippen LogP contribution in [0.4, 0.5) is 11.8 Å². The molecule has 2 aromatic carbocycles. The topological polar surface area (TPSA) is 242 Å². The van der Waals surface area contributed by atoms with Gasteiger partial charge in [0.15, 0.2) is 0 Å². The third-order valence-corrected chi connectivity index (χ3v) is 8.25. The van der Waals surface area contributed by atoms with E-state index in [4.69, 9.17) is 20.9 Å². The van der Waals surface area contributed by atoms with Crippen molar-refractivity contribution >= 4 is 52.5 Å². The van der Waals surface area contributed by atoms with Crippen molar-refractivity contribution in [2.75, 3.05) is 25.7 Å². The molecule has 1 unspecified atom stereocenters. The molecule has 2 aromatic heterocycles. The maximum atomic E-state index is 13.1. The Morgan fingerprint density at radius 3 is 2.20 bits per heavy atom. The number of nitrogens with one attached hydrogen (secondary N) is 3. The van der Waals surface area contributed by atoms with Crippen LogP contribution in [-0.2, 0) is 47.9 Å². The Balaban J connectivity index is 1.30. The van der Waals surface area contributed by atoms with E-state index in [1.807, 2.05) is 18.3 Å². The number of carbonyl (C=O) groups excluding carboxylic acids is 4. The van der Waals surface area contributed by atoms with Gasteiger partial charge in [-0.2, -0.15) is 9.97 Å². The van der Waals surface area contributed by atoms with Crippen LogP contribution in [0.15, 0.2) is 60.8 Å². The van der Waals surface area contributed by atoms with Crippen molar-refractivity contribution < 1.29 is 38.6 Å². The Hall–Kier alpha value is -5.99. The SMILES string of the molecule is COC(=O)[C@H](CC(Cc1ccccc1)C(=O)O)NC(=O)CC[C@H](NC(=O)c1ccc(CCCc2c[nH]c3nc(N)nc(N)c23)cc1)C(=O)OC. The van der Waals surface area contributed by atoms with Gasteiger partial charge in [0.1, 0.15) is 23.5 Å². The van der Waals surface area contributed by atoms with E-state index in [9.17, 15) is 29.1 Å². The van der Waals surface area contributed by atoms with Gasteiger partial charge in [-0.15, -0.1) is 0 Å². The van der Waals surface area contributed by atoms with Gasteiger partial charge < -0.3 is 41.7 Å². The molecule has 0 spiro atoms. The largest absolute Gasteiger partial charge is 0.481 e. The molecular weight excluding hydrogens is 646 g/mol. The first kappa shape index (κ1) is 36.8. The highest BCUT2D eigenvalue weighted by molar-refractivity contribution is 5.97. The van der Waals surface area contributed by atoms with Gasteiger partial charge in [0.2, 0.25) is 11.9 Å². The summed E-state index contributed by atoms with van der Waals surface area (Å²) < 4.78 is 9.64. The fraction of sp³-hybridized carbons (Fsp3) is 0.343. The Morgan fingerprint density at radius 2 is 1.54 bits per heavy atom. The number of ether oxygens (including phenoxy) is 2. The number of benzene rings is 2. The fourth-order valence-electron chi connectivity index (χ4n) is 5.63. The summed E-state index contributed by atoms with van der Waals surface area (Å²) in [5.41, 5.74) is 15.3. The summed E-state index contributed by atoms with van der Waals surface area (Å²) in [6.07, 6.45) is 3.57. The molecule has 0 fully saturated rings. The molecule has 50 heavy (non-hydrogen) atoms. The molecule has 0 aliphatic rings. The van der Waals surface area contributed by atoms with Crippen molar-refractivity contribution in [1.82, 2.24) is 25.6 Å². The van der Waals surface area contributed by atoms with Crippen LogP contribution >= 0.6 is 0 Å². The Kier molecular flexibility index (Phi) is 12.8. The number of aromatic amines is 1. The number of anilines is 2. The highest BCUT2D eigenvalue weighted by Crippen LogP contribution is 2.24. The first-order chi connectivity index (χ1) is 24.0. The van der Waals surface area contributed by atoms with E-state index in [0.29, 0.717) is 23.4 Å². The summed E-state index contributed by atoms with van der Waals surface area (Å²) in [4.78, 5) is 74.2. The number of aryl methyl sites for hydroxylation is 2. The minimum atomic E-state index is -1.24. The minimum absolute atomic E-state index is 0.0997. The van der Waals surface area contributed by atoms with Crippen LogP contribution in [-0.4, -0.2) is 76.1 Å². The summed E-state index contributed by atoms with van der Waals surface area (Å²) in [5.74, 6) is -4.43. The van der Waals surface area contributed by atoms with Gasteiger partial charge in [-0.05, 0) is 67.3 Å². The number of hydrogen-bond donors (Lipinski definition) is 6. The molecule has 0 saturated carbocycles. The first-order valence-electron chi connectivity index (χ1n) is 16.0. The lowest BCUT2D eigenvalue weighted by Gasteiger charge is -2.21. The van der Waals surface area contributed by atoms with Crippen LogP contribution < -0.4 is 22.1 Å². The molecule has 264 valence electrons. The van der Waals surface area contributed by atoms with Crippen molar-refractivity contribution in [3.63, 3.8) is 0 Å². The van der Waals surface area contributed by atoms with Crippen LogP contribution in [0, 0.1) is 5.92 Å². The zero-order chi connectivity index (χ0) is 36.2. The molecule has 15 nitrogen and oxygen atoms in total. The number of amides is 2. The number of aromatic nitrogens is 3. The molecule has 0 radical (unpaired) electrons. The molecule has 8 N–H and O–H groups in total. The van der Waals surface area contributed by atoms with E-state index >= 15 is 0 Å². The second-order valence-corrected chi connectivity index (χ2v) is 11.7. The van der Waals surface area contributed by atoms with Crippen LogP contribution in [0.2, 0.25) is 0 Å². The van der Waals surface area contributed by atoms with Gasteiger partial charge in [-0.1, -0.05) is 42.5 Å². The lowest BCUT2D eigenvalue weighted by molar-refractivity contribution is -0.148. The highest BCUT2D eigenvalue weighted by Gasteiger charge is 2.30. The molecule has 2 heterocycles. The monoisotopic (exact) mass is 687 g/mol. The normalized spacial score (nSPS) is 12.8. The number of hydrogen-bond acceptors (Lipinski definition) is 11. The number of carboxylic acid groups (broad SMARTS) is 1. The predicted molar refractivity (Wildman–Crippen MR) is 184 cm³/mol. The summed E-state index contributed by atoms with van der Waals surface area (Å²) in [6, 6.07) is 13.4. The van der Waals surface area contributed by atoms with Crippen molar-refractivity contribution in [3.05, 3.63) is 83.0 Å². The molecule has 0 saturated heterocycles. The number of carboxylic acids is 1. The number of rotatable bonds is 17. The fourth-order valence-corrected chi connectivity index (χ4v) is 5.63. The summed E-state index contributed by atoms with van der Waals surface area (Å²) in [6.45, 7) is 0. The van der Waals surface area contributed by atoms with Gasteiger partial charge >= 0.3 is 17.9 Å². The molecule has 0 aliphatic heterocycles. The number of fused-ring (bicyclic) bond motifs is 1. The highest BCUT2D eigenvalue weighted by atomic mass is 16.5. The summed E-state index contributed by atoms with van der Waals surface area (Å²) >= 11 is 0. The van der Waals surface area contributed by atoms with Gasteiger partial charge in [0.05, 0.1) is 25.5 Å². The van der Waals surface area contributed by atoms with Crippen molar-refractivity contribution in [3.8, 4) is 0 Å². The van der Waals surface area contributed by atoms with Gasteiger partial charge in [0, 0.05) is 18.2 Å². The second-order valence-electron chi connectivity index (χ2n) is 11.7. The Morgan fingerprint density at radius 1 is 0.860 bits per heavy atom. The number of nitrogens with zero attached hydrogens (tertiary/aromatic N) is 2. The van der Waals surface area contributed by atoms with Crippen LogP contribution in [0.1, 0.15) is 52.7 Å². The van der Waals surface area contributed by atoms with E-state index in [2.05, 4.69) is 25.6 Å². The third kappa shape index (κ3) is 10.0. The number of nitrogens with two attached hydrogens (primary N) is 2. The van der Waals surface area contributed by atoms with E-state index in [-0.39, 0.29) is 31.6 Å². The van der Waals surface area contributed by atoms with Crippen molar-refractivity contribution in [2.24, 2.45) is 5.92 Å². The van der Waals surface area contributed by atoms with Gasteiger partial charge in [-0.25, -0.2) is 9.59 Å². The smallest absolute Gasteiger partial charge is 0.328 e. The second kappa shape index (κ2) is 17.4. The molecular formula is C35H41N7O8. The zero-order valence-electron chi connectivity index (χ0n) is 27.8. The summed E-state index contributed by atoms with van der Waals surface area (Å²) in [5, 5.41) is 15.7. The lowest BCUT2D eigenvalue weighted by atomic mass is 9.92. The zero-order valence-corrected chi connectivity index (χ0v) is 27.8. The molecule has 0 aliphatic carbocycles. The van der Waals surface area contributed by atoms with Crippen LogP contribution in [0.25, 0.3) is 11.0 Å². The molecule has 0 bridgehead atoms. The maximum Gasteiger partial charge on any atom is 0.328 e. The quantitative estimate of drug-likeness (QED) is 0.0877. The standard InChI is InChI=1S/C35H41N7O8/c1-49-33(47)25(15-16-27(43)39-26(34(48)50-2)18-24(32(45)46)17-21-7-4-3-5-8-21)40-31(44)22-13-11-20(12-14-22)9-6-10-23-19-38-30-28(23)29(36)41-35(37)42-30/h3-5,7-8,11-14,19,24-26H,6,9-10,15-18H2,1-2H3,(H,39,43)(H,40,44)(H,45,46)(H5,36,37,38,41,42)/t24?,25-,26-/m0/s1. The average molecular weight is 688 g/mol. The minimum Gasteiger partial charge on any atom is -0.481 e. The van der Waals surface area contributed by atoms with Crippen molar-refractivity contribution in [1.29, 1.82) is 0 Å².